The molecule has 0 aliphatic heterocycles. The maximum absolute atomic E-state index is 12.1. The summed E-state index contributed by atoms with van der Waals surface area (Å²) in [7, 11) is 0. The molecule has 0 spiro atoms. The highest BCUT2D eigenvalue weighted by atomic mass is 16.6. The zero-order valence-electron chi connectivity index (χ0n) is 18.5. The number of esters is 1. The minimum atomic E-state index is -0.579. The fourth-order valence-electron chi connectivity index (χ4n) is 2.45. The lowest BCUT2D eigenvalue weighted by Gasteiger charge is -2.30. The van der Waals surface area contributed by atoms with Gasteiger partial charge >= 0.3 is 5.97 Å². The van der Waals surface area contributed by atoms with Crippen molar-refractivity contribution in [1.29, 1.82) is 0 Å². The Kier molecular flexibility index (Phi) is 8.74. The van der Waals surface area contributed by atoms with Crippen molar-refractivity contribution in [2.24, 2.45) is 5.41 Å². The molecule has 2 aromatic carbocycles. The van der Waals surface area contributed by atoms with Crippen LogP contribution in [0.2, 0.25) is 0 Å². The molecule has 1 N–H and O–H groups in total. The second-order valence-corrected chi connectivity index (χ2v) is 8.40. The van der Waals surface area contributed by atoms with Gasteiger partial charge in [-0.2, -0.15) is 0 Å². The Hall–Kier alpha value is -2.29. The van der Waals surface area contributed by atoms with Crippen molar-refractivity contribution < 1.29 is 14.6 Å². The zero-order chi connectivity index (χ0) is 21.4. The van der Waals surface area contributed by atoms with E-state index in [4.69, 9.17) is 9.84 Å². The van der Waals surface area contributed by atoms with Gasteiger partial charge in [0.2, 0.25) is 0 Å². The smallest absolute Gasteiger partial charge is 0.312 e. The summed E-state index contributed by atoms with van der Waals surface area (Å²) in [4.78, 5) is 12.1. The number of phenols is 1. The molecule has 0 radical (unpaired) electrons. The van der Waals surface area contributed by atoms with E-state index in [2.05, 4.69) is 13.8 Å². The number of benzene rings is 2. The van der Waals surface area contributed by atoms with E-state index in [0.717, 1.165) is 18.4 Å². The Morgan fingerprint density at radius 3 is 1.96 bits per heavy atom. The lowest BCUT2D eigenvalue weighted by molar-refractivity contribution is -0.168. The average Bonchev–Trinajstić information content (AvgIpc) is 2.68. The predicted molar refractivity (Wildman–Crippen MR) is 116 cm³/mol. The molecule has 154 valence electrons. The van der Waals surface area contributed by atoms with Crippen molar-refractivity contribution >= 4 is 5.97 Å². The maximum Gasteiger partial charge on any atom is 0.312 e. The molecule has 0 fully saturated rings. The molecule has 0 saturated heterocycles. The molecule has 28 heavy (non-hydrogen) atoms. The van der Waals surface area contributed by atoms with E-state index in [0.29, 0.717) is 11.7 Å². The van der Waals surface area contributed by atoms with E-state index < -0.39 is 11.0 Å². The number of carbonyl (C=O) groups excluding carboxylic acids is 1. The Morgan fingerprint density at radius 2 is 1.50 bits per heavy atom. The van der Waals surface area contributed by atoms with Gasteiger partial charge in [0.05, 0.1) is 5.41 Å². The first-order valence-electron chi connectivity index (χ1n) is 10.1. The molecule has 0 aliphatic carbocycles. The van der Waals surface area contributed by atoms with Crippen molar-refractivity contribution in [3.8, 4) is 5.75 Å². The number of carbonyl (C=O) groups is 1. The SMILES string of the molecule is CCC(C)(C)C(=O)OC(C)(C)c1ccccc1.CCC(C)c1ccc(O)cc1. The van der Waals surface area contributed by atoms with Crippen molar-refractivity contribution in [3.05, 3.63) is 65.7 Å². The normalized spacial score (nSPS) is 12.5. The molecule has 0 aliphatic rings. The van der Waals surface area contributed by atoms with Gasteiger partial charge in [0.15, 0.2) is 0 Å². The van der Waals surface area contributed by atoms with Gasteiger partial charge in [-0.25, -0.2) is 0 Å². The van der Waals surface area contributed by atoms with Crippen LogP contribution in [0.5, 0.6) is 5.75 Å². The van der Waals surface area contributed by atoms with Crippen LogP contribution in [0, 0.1) is 5.41 Å². The number of hydrogen-bond donors (Lipinski definition) is 1. The first-order valence-corrected chi connectivity index (χ1v) is 10.1. The number of ether oxygens (including phenoxy) is 1. The molecule has 0 bridgehead atoms. The molecular formula is C25H36O3. The van der Waals surface area contributed by atoms with E-state index in [1.165, 1.54) is 5.56 Å². The number of phenolic OH excluding ortho intramolecular Hbond substituents is 1. The van der Waals surface area contributed by atoms with E-state index in [1.54, 1.807) is 12.1 Å². The highest BCUT2D eigenvalue weighted by Gasteiger charge is 2.33. The topological polar surface area (TPSA) is 46.5 Å². The van der Waals surface area contributed by atoms with Crippen molar-refractivity contribution in [2.45, 2.75) is 72.8 Å². The molecule has 0 heterocycles. The van der Waals surface area contributed by atoms with Gasteiger partial charge in [-0.3, -0.25) is 4.79 Å². The van der Waals surface area contributed by atoms with Crippen LogP contribution in [0.1, 0.15) is 78.4 Å². The van der Waals surface area contributed by atoms with E-state index in [9.17, 15) is 4.79 Å². The molecule has 1 unspecified atom stereocenters. The fourth-order valence-corrected chi connectivity index (χ4v) is 2.45. The van der Waals surface area contributed by atoms with Crippen LogP contribution in [0.25, 0.3) is 0 Å². The lowest BCUT2D eigenvalue weighted by atomic mass is 9.89. The minimum Gasteiger partial charge on any atom is -0.508 e. The molecular weight excluding hydrogens is 348 g/mol. The van der Waals surface area contributed by atoms with Gasteiger partial charge in [-0.1, -0.05) is 63.2 Å². The Morgan fingerprint density at radius 1 is 0.964 bits per heavy atom. The third-order valence-electron chi connectivity index (χ3n) is 5.33. The summed E-state index contributed by atoms with van der Waals surface area (Å²) in [5, 5.41) is 9.01. The van der Waals surface area contributed by atoms with Crippen LogP contribution in [-0.4, -0.2) is 11.1 Å². The molecule has 2 aromatic rings. The molecule has 0 aromatic heterocycles. The van der Waals surface area contributed by atoms with Crippen LogP contribution >= 0.6 is 0 Å². The average molecular weight is 385 g/mol. The summed E-state index contributed by atoms with van der Waals surface area (Å²) < 4.78 is 5.64. The summed E-state index contributed by atoms with van der Waals surface area (Å²) in [6.45, 7) is 14.0. The van der Waals surface area contributed by atoms with Gasteiger partial charge < -0.3 is 9.84 Å². The molecule has 3 nitrogen and oxygen atoms in total. The van der Waals surface area contributed by atoms with Gasteiger partial charge in [0.25, 0.3) is 0 Å². The van der Waals surface area contributed by atoms with Gasteiger partial charge in [-0.05, 0) is 69.7 Å². The number of aromatic hydroxyl groups is 1. The fraction of sp³-hybridized carbons (Fsp3) is 0.480. The zero-order valence-corrected chi connectivity index (χ0v) is 18.5. The minimum absolute atomic E-state index is 0.145. The van der Waals surface area contributed by atoms with Gasteiger partial charge in [0, 0.05) is 0 Å². The highest BCUT2D eigenvalue weighted by Crippen LogP contribution is 2.30. The van der Waals surface area contributed by atoms with Crippen molar-refractivity contribution in [1.82, 2.24) is 0 Å². The second-order valence-electron chi connectivity index (χ2n) is 8.40. The Balaban J connectivity index is 0.000000307. The highest BCUT2D eigenvalue weighted by molar-refractivity contribution is 5.76. The Labute approximate surface area is 170 Å². The van der Waals surface area contributed by atoms with Crippen LogP contribution in [0.15, 0.2) is 54.6 Å². The molecule has 2 rings (SSSR count). The molecule has 0 saturated carbocycles. The summed E-state index contributed by atoms with van der Waals surface area (Å²) in [5.41, 5.74) is 1.31. The molecule has 0 amide bonds. The van der Waals surface area contributed by atoms with E-state index >= 15 is 0 Å². The standard InChI is InChI=1S/C15H22O2.C10H14O/c1-6-14(2,3)13(16)17-15(4,5)12-10-8-7-9-11-12;1-3-8(2)9-4-6-10(11)7-5-9/h7-11H,6H2,1-5H3;4-8,11H,3H2,1-2H3. The van der Waals surface area contributed by atoms with Crippen LogP contribution in [0.4, 0.5) is 0 Å². The van der Waals surface area contributed by atoms with Crippen LogP contribution < -0.4 is 0 Å². The number of rotatable bonds is 6. The largest absolute Gasteiger partial charge is 0.508 e. The molecule has 3 heteroatoms. The summed E-state index contributed by atoms with van der Waals surface area (Å²) in [5.74, 6) is 0.793. The lowest BCUT2D eigenvalue weighted by Crippen LogP contribution is -2.33. The van der Waals surface area contributed by atoms with Crippen LogP contribution in [0.3, 0.4) is 0 Å². The van der Waals surface area contributed by atoms with Crippen LogP contribution in [-0.2, 0) is 15.1 Å². The molecule has 1 atom stereocenters. The maximum atomic E-state index is 12.1. The van der Waals surface area contributed by atoms with Crippen molar-refractivity contribution in [3.63, 3.8) is 0 Å². The first-order chi connectivity index (χ1) is 13.0. The van der Waals surface area contributed by atoms with E-state index in [1.807, 2.05) is 77.1 Å². The Bertz CT molecular complexity index is 715. The van der Waals surface area contributed by atoms with Gasteiger partial charge in [0.1, 0.15) is 11.4 Å². The number of hydrogen-bond acceptors (Lipinski definition) is 3. The summed E-state index contributed by atoms with van der Waals surface area (Å²) >= 11 is 0. The quantitative estimate of drug-likeness (QED) is 0.557. The second kappa shape index (κ2) is 10.3. The third kappa shape index (κ3) is 7.03. The summed E-state index contributed by atoms with van der Waals surface area (Å²) in [6, 6.07) is 17.2. The monoisotopic (exact) mass is 384 g/mol. The van der Waals surface area contributed by atoms with Crippen molar-refractivity contribution in [2.75, 3.05) is 0 Å². The third-order valence-corrected chi connectivity index (χ3v) is 5.33. The van der Waals surface area contributed by atoms with E-state index in [-0.39, 0.29) is 5.97 Å². The predicted octanol–water partition coefficient (Wildman–Crippen LogP) is 6.81. The first kappa shape index (κ1) is 23.7. The van der Waals surface area contributed by atoms with Gasteiger partial charge in [-0.15, -0.1) is 0 Å². The summed E-state index contributed by atoms with van der Waals surface area (Å²) in [6.07, 6.45) is 1.92.